The molecule has 34 heavy (non-hydrogen) atoms. The van der Waals surface area contributed by atoms with Crippen LogP contribution in [0.25, 0.3) is 32.2 Å². The van der Waals surface area contributed by atoms with Gasteiger partial charge in [0.15, 0.2) is 0 Å². The van der Waals surface area contributed by atoms with Crippen LogP contribution in [0.15, 0.2) is 46.9 Å². The summed E-state index contributed by atoms with van der Waals surface area (Å²) in [5, 5.41) is 3.25. The Hall–Kier alpha value is -3.00. The summed E-state index contributed by atoms with van der Waals surface area (Å²) >= 11 is 1.82. The van der Waals surface area contributed by atoms with Crippen LogP contribution in [0.4, 0.5) is 0 Å². The zero-order valence-electron chi connectivity index (χ0n) is 18.9. The Balaban J connectivity index is 1.32. The highest BCUT2D eigenvalue weighted by Crippen LogP contribution is 2.41. The largest absolute Gasteiger partial charge is 0.456 e. The molecule has 1 aliphatic heterocycles. The molecule has 0 N–H and O–H groups in total. The topological polar surface area (TPSA) is 60.6 Å². The quantitative estimate of drug-likeness (QED) is 0.316. The molecule has 0 saturated carbocycles. The summed E-state index contributed by atoms with van der Waals surface area (Å²) in [6.07, 6.45) is 4.65. The SMILES string of the molecule is c1ccc2c(c1)oc1ccc(Oc3nc(CN4CCOCC4)nc4sc5c(c34)CCCC5)cc12. The Morgan fingerprint density at radius 2 is 1.79 bits per heavy atom. The van der Waals surface area contributed by atoms with E-state index >= 15 is 0 Å². The van der Waals surface area contributed by atoms with Crippen LogP contribution in [-0.4, -0.2) is 41.2 Å². The first kappa shape index (κ1) is 20.4. The van der Waals surface area contributed by atoms with Gasteiger partial charge >= 0.3 is 0 Å². The third-order valence-corrected chi connectivity index (χ3v) is 8.04. The molecule has 2 aliphatic rings. The number of benzene rings is 2. The number of thiophene rings is 1. The van der Waals surface area contributed by atoms with Crippen LogP contribution in [-0.2, 0) is 24.1 Å². The molecule has 7 heteroatoms. The van der Waals surface area contributed by atoms with E-state index in [4.69, 9.17) is 23.9 Å². The molecule has 172 valence electrons. The third-order valence-electron chi connectivity index (χ3n) is 6.86. The highest BCUT2D eigenvalue weighted by Gasteiger charge is 2.23. The first-order valence-electron chi connectivity index (χ1n) is 12.0. The molecule has 1 fully saturated rings. The lowest BCUT2D eigenvalue weighted by Gasteiger charge is -2.25. The van der Waals surface area contributed by atoms with E-state index < -0.39 is 0 Å². The summed E-state index contributed by atoms with van der Waals surface area (Å²) < 4.78 is 18.1. The number of morpholine rings is 1. The minimum absolute atomic E-state index is 0.680. The minimum Gasteiger partial charge on any atom is -0.456 e. The molecule has 1 aliphatic carbocycles. The number of para-hydroxylation sites is 1. The van der Waals surface area contributed by atoms with E-state index in [0.29, 0.717) is 12.4 Å². The normalized spacial score (nSPS) is 16.9. The fourth-order valence-electron chi connectivity index (χ4n) is 5.15. The van der Waals surface area contributed by atoms with Gasteiger partial charge in [-0.1, -0.05) is 18.2 Å². The van der Waals surface area contributed by atoms with Gasteiger partial charge < -0.3 is 13.9 Å². The Labute approximate surface area is 201 Å². The molecule has 0 bridgehead atoms. The Morgan fingerprint density at radius 1 is 0.941 bits per heavy atom. The number of aryl methyl sites for hydroxylation is 2. The van der Waals surface area contributed by atoms with Crippen LogP contribution in [0.1, 0.15) is 29.1 Å². The summed E-state index contributed by atoms with van der Waals surface area (Å²) in [5.41, 5.74) is 3.13. The van der Waals surface area contributed by atoms with E-state index in [9.17, 15) is 0 Å². The second-order valence-corrected chi connectivity index (χ2v) is 10.2. The van der Waals surface area contributed by atoms with Gasteiger partial charge in [-0.3, -0.25) is 4.90 Å². The first-order valence-corrected chi connectivity index (χ1v) is 12.8. The number of hydrogen-bond acceptors (Lipinski definition) is 7. The standard InChI is InChI=1S/C27H25N3O3S/c1-3-7-21-18(5-1)20-15-17(9-10-22(20)33-21)32-26-25-19-6-2-4-8-23(19)34-27(25)29-24(28-26)16-30-11-13-31-14-12-30/h1,3,5,7,9-10,15H,2,4,6,8,11-14,16H2. The average Bonchev–Trinajstić information content (AvgIpc) is 3.43. The molecule has 0 unspecified atom stereocenters. The molecule has 6 nitrogen and oxygen atoms in total. The van der Waals surface area contributed by atoms with Crippen molar-refractivity contribution in [1.29, 1.82) is 0 Å². The van der Waals surface area contributed by atoms with Crippen LogP contribution < -0.4 is 4.74 Å². The Kier molecular flexibility index (Phi) is 5.00. The van der Waals surface area contributed by atoms with Crippen molar-refractivity contribution in [3.8, 4) is 11.6 Å². The summed E-state index contributed by atoms with van der Waals surface area (Å²) in [4.78, 5) is 14.8. The smallest absolute Gasteiger partial charge is 0.231 e. The van der Waals surface area contributed by atoms with Gasteiger partial charge in [0.05, 0.1) is 25.1 Å². The third kappa shape index (κ3) is 3.55. The average molecular weight is 472 g/mol. The first-order chi connectivity index (χ1) is 16.8. The second kappa shape index (κ2) is 8.34. The number of ether oxygens (including phenoxy) is 2. The van der Waals surface area contributed by atoms with Crippen molar-refractivity contribution in [1.82, 2.24) is 14.9 Å². The number of rotatable bonds is 4. The lowest BCUT2D eigenvalue weighted by molar-refractivity contribution is 0.0330. The number of nitrogens with zero attached hydrogens (tertiary/aromatic N) is 3. The number of fused-ring (bicyclic) bond motifs is 6. The zero-order chi connectivity index (χ0) is 22.5. The van der Waals surface area contributed by atoms with Gasteiger partial charge in [-0.15, -0.1) is 11.3 Å². The van der Waals surface area contributed by atoms with Crippen LogP contribution in [0.2, 0.25) is 0 Å². The zero-order valence-corrected chi connectivity index (χ0v) is 19.7. The van der Waals surface area contributed by atoms with Crippen LogP contribution >= 0.6 is 11.3 Å². The van der Waals surface area contributed by atoms with Gasteiger partial charge in [-0.25, -0.2) is 4.98 Å². The summed E-state index contributed by atoms with van der Waals surface area (Å²) in [5.74, 6) is 2.27. The fourth-order valence-corrected chi connectivity index (χ4v) is 6.42. The van der Waals surface area contributed by atoms with Gasteiger partial charge in [0.1, 0.15) is 27.6 Å². The lowest BCUT2D eigenvalue weighted by Crippen LogP contribution is -2.36. The Bertz CT molecular complexity index is 1520. The molecule has 0 spiro atoms. The number of furan rings is 1. The van der Waals surface area contributed by atoms with Crippen molar-refractivity contribution in [2.24, 2.45) is 0 Å². The van der Waals surface area contributed by atoms with Gasteiger partial charge in [0.25, 0.3) is 0 Å². The van der Waals surface area contributed by atoms with E-state index in [1.807, 2.05) is 41.7 Å². The van der Waals surface area contributed by atoms with E-state index in [1.54, 1.807) is 0 Å². The molecule has 0 radical (unpaired) electrons. The van der Waals surface area contributed by atoms with Gasteiger partial charge in [-0.05, 0) is 55.5 Å². The monoisotopic (exact) mass is 471 g/mol. The lowest BCUT2D eigenvalue weighted by atomic mass is 9.97. The fraction of sp³-hybridized carbons (Fsp3) is 0.333. The molecule has 5 aromatic rings. The van der Waals surface area contributed by atoms with Crippen LogP contribution in [0.3, 0.4) is 0 Å². The predicted octanol–water partition coefficient (Wildman–Crippen LogP) is 6.09. The summed E-state index contributed by atoms with van der Waals surface area (Å²) in [6, 6.07) is 14.1. The van der Waals surface area contributed by atoms with Gasteiger partial charge in [0, 0.05) is 28.7 Å². The highest BCUT2D eigenvalue weighted by atomic mass is 32.1. The van der Waals surface area contributed by atoms with Crippen molar-refractivity contribution >= 4 is 43.5 Å². The molecule has 2 aromatic carbocycles. The molecule has 3 aromatic heterocycles. The molecule has 0 amide bonds. The van der Waals surface area contributed by atoms with Crippen molar-refractivity contribution in [3.05, 3.63) is 58.7 Å². The van der Waals surface area contributed by atoms with E-state index in [2.05, 4.69) is 17.0 Å². The van der Waals surface area contributed by atoms with E-state index in [-0.39, 0.29) is 0 Å². The van der Waals surface area contributed by atoms with Crippen molar-refractivity contribution < 1.29 is 13.9 Å². The van der Waals surface area contributed by atoms with Crippen LogP contribution in [0.5, 0.6) is 11.6 Å². The maximum absolute atomic E-state index is 6.54. The molecular formula is C27H25N3O3S. The van der Waals surface area contributed by atoms with Crippen molar-refractivity contribution in [2.45, 2.75) is 32.2 Å². The minimum atomic E-state index is 0.680. The maximum Gasteiger partial charge on any atom is 0.231 e. The second-order valence-electron chi connectivity index (χ2n) is 9.08. The van der Waals surface area contributed by atoms with E-state index in [1.165, 1.54) is 23.3 Å². The number of hydrogen-bond donors (Lipinski definition) is 0. The molecule has 7 rings (SSSR count). The molecule has 1 saturated heterocycles. The highest BCUT2D eigenvalue weighted by molar-refractivity contribution is 7.18. The summed E-state index contributed by atoms with van der Waals surface area (Å²) in [6.45, 7) is 4.05. The van der Waals surface area contributed by atoms with Crippen molar-refractivity contribution in [2.75, 3.05) is 26.3 Å². The van der Waals surface area contributed by atoms with E-state index in [0.717, 1.165) is 82.9 Å². The number of aromatic nitrogens is 2. The molecular weight excluding hydrogens is 446 g/mol. The Morgan fingerprint density at radius 3 is 2.74 bits per heavy atom. The maximum atomic E-state index is 6.54. The predicted molar refractivity (Wildman–Crippen MR) is 134 cm³/mol. The van der Waals surface area contributed by atoms with Crippen LogP contribution in [0, 0.1) is 0 Å². The summed E-state index contributed by atoms with van der Waals surface area (Å²) in [7, 11) is 0. The van der Waals surface area contributed by atoms with Gasteiger partial charge in [0.2, 0.25) is 5.88 Å². The van der Waals surface area contributed by atoms with Gasteiger partial charge in [-0.2, -0.15) is 4.98 Å². The molecule has 0 atom stereocenters. The van der Waals surface area contributed by atoms with Crippen molar-refractivity contribution in [3.63, 3.8) is 0 Å². The molecule has 4 heterocycles.